The number of carbonyl (C=O) groups is 1. The van der Waals surface area contributed by atoms with E-state index in [0.29, 0.717) is 6.04 Å². The molecule has 0 spiro atoms. The Bertz CT molecular complexity index is 321. The number of likely N-dealkylation sites (tertiary alicyclic amines) is 1. The van der Waals surface area contributed by atoms with E-state index in [1.54, 1.807) is 0 Å². The number of rotatable bonds is 5. The van der Waals surface area contributed by atoms with Gasteiger partial charge in [-0.3, -0.25) is 4.79 Å². The molecule has 4 heteroatoms. The Morgan fingerprint density at radius 1 is 1.47 bits per heavy atom. The van der Waals surface area contributed by atoms with Crippen LogP contribution in [0.5, 0.6) is 0 Å². The number of carbonyl (C=O) groups excluding carboxylic acids is 1. The van der Waals surface area contributed by atoms with E-state index >= 15 is 0 Å². The molecule has 2 fully saturated rings. The van der Waals surface area contributed by atoms with Crippen LogP contribution in [0, 0.1) is 5.92 Å². The average Bonchev–Trinajstić information content (AvgIpc) is 2.83. The van der Waals surface area contributed by atoms with Crippen molar-refractivity contribution in [2.75, 3.05) is 19.6 Å². The van der Waals surface area contributed by atoms with Crippen LogP contribution in [0.3, 0.4) is 0 Å². The standard InChI is InChI=1S/C15H29N3O/c1-3-8-17-15(14(16)19)7-4-5-13(10-15)18-9-6-12(2)11-18/h12-13,17H,3-11H2,1-2H3,(H2,16,19). The molecular weight excluding hydrogens is 238 g/mol. The largest absolute Gasteiger partial charge is 0.368 e. The summed E-state index contributed by atoms with van der Waals surface area (Å²) in [6.07, 6.45) is 6.46. The van der Waals surface area contributed by atoms with E-state index in [0.717, 1.165) is 38.1 Å². The van der Waals surface area contributed by atoms with Crippen molar-refractivity contribution in [2.24, 2.45) is 11.7 Å². The summed E-state index contributed by atoms with van der Waals surface area (Å²) in [6, 6.07) is 0.538. The smallest absolute Gasteiger partial charge is 0.237 e. The van der Waals surface area contributed by atoms with Crippen molar-refractivity contribution >= 4 is 5.91 Å². The van der Waals surface area contributed by atoms with Gasteiger partial charge in [-0.2, -0.15) is 0 Å². The van der Waals surface area contributed by atoms with Crippen molar-refractivity contribution in [3.63, 3.8) is 0 Å². The van der Waals surface area contributed by atoms with E-state index in [4.69, 9.17) is 5.73 Å². The van der Waals surface area contributed by atoms with E-state index in [2.05, 4.69) is 24.1 Å². The molecule has 1 aliphatic heterocycles. The van der Waals surface area contributed by atoms with Crippen LogP contribution in [0.1, 0.15) is 52.4 Å². The molecule has 3 atom stereocenters. The third-order valence-electron chi connectivity index (χ3n) is 4.88. The Balaban J connectivity index is 2.02. The van der Waals surface area contributed by atoms with E-state index in [9.17, 15) is 4.79 Å². The van der Waals surface area contributed by atoms with Gasteiger partial charge in [0.15, 0.2) is 0 Å². The number of nitrogens with two attached hydrogens (primary N) is 1. The summed E-state index contributed by atoms with van der Waals surface area (Å²) in [4.78, 5) is 14.5. The van der Waals surface area contributed by atoms with Crippen molar-refractivity contribution in [1.82, 2.24) is 10.2 Å². The SMILES string of the molecule is CCCNC1(C(N)=O)CCCC(N2CCC(C)C2)C1. The van der Waals surface area contributed by atoms with Gasteiger partial charge in [0.25, 0.3) is 0 Å². The fourth-order valence-corrected chi connectivity index (χ4v) is 3.69. The van der Waals surface area contributed by atoms with Crippen molar-refractivity contribution < 1.29 is 4.79 Å². The van der Waals surface area contributed by atoms with Crippen LogP contribution in [-0.4, -0.2) is 42.0 Å². The van der Waals surface area contributed by atoms with Crippen LogP contribution in [0.4, 0.5) is 0 Å². The first-order valence-corrected chi connectivity index (χ1v) is 7.86. The van der Waals surface area contributed by atoms with E-state index in [1.807, 2.05) is 0 Å². The van der Waals surface area contributed by atoms with Gasteiger partial charge >= 0.3 is 0 Å². The number of amides is 1. The predicted molar refractivity (Wildman–Crippen MR) is 77.8 cm³/mol. The Hall–Kier alpha value is -0.610. The molecule has 0 aromatic heterocycles. The Kier molecular flexibility index (Phi) is 4.85. The highest BCUT2D eigenvalue weighted by Gasteiger charge is 2.43. The van der Waals surface area contributed by atoms with Gasteiger partial charge in [0, 0.05) is 12.6 Å². The normalized spacial score (nSPS) is 36.5. The van der Waals surface area contributed by atoms with Gasteiger partial charge in [-0.1, -0.05) is 13.8 Å². The number of hydrogen-bond donors (Lipinski definition) is 2. The van der Waals surface area contributed by atoms with Gasteiger partial charge in [0.1, 0.15) is 0 Å². The molecule has 2 rings (SSSR count). The lowest BCUT2D eigenvalue weighted by Gasteiger charge is -2.42. The number of primary amides is 1. The molecule has 1 saturated carbocycles. The third kappa shape index (κ3) is 3.29. The van der Waals surface area contributed by atoms with Crippen LogP contribution in [-0.2, 0) is 4.79 Å². The number of hydrogen-bond acceptors (Lipinski definition) is 3. The number of nitrogens with one attached hydrogen (secondary N) is 1. The summed E-state index contributed by atoms with van der Waals surface area (Å²) in [5, 5.41) is 3.45. The molecule has 4 nitrogen and oxygen atoms in total. The van der Waals surface area contributed by atoms with Crippen molar-refractivity contribution in [2.45, 2.75) is 64.0 Å². The summed E-state index contributed by atoms with van der Waals surface area (Å²) < 4.78 is 0. The molecule has 0 bridgehead atoms. The van der Waals surface area contributed by atoms with Crippen molar-refractivity contribution in [3.8, 4) is 0 Å². The van der Waals surface area contributed by atoms with Crippen molar-refractivity contribution in [1.29, 1.82) is 0 Å². The molecule has 1 heterocycles. The second-order valence-electron chi connectivity index (χ2n) is 6.51. The van der Waals surface area contributed by atoms with Crippen molar-refractivity contribution in [3.05, 3.63) is 0 Å². The maximum absolute atomic E-state index is 11.9. The Morgan fingerprint density at radius 2 is 2.26 bits per heavy atom. The third-order valence-corrected chi connectivity index (χ3v) is 4.88. The molecule has 3 unspecified atom stereocenters. The van der Waals surface area contributed by atoms with Crippen LogP contribution in [0.25, 0.3) is 0 Å². The summed E-state index contributed by atoms with van der Waals surface area (Å²) in [5.41, 5.74) is 5.26. The second-order valence-corrected chi connectivity index (χ2v) is 6.51. The summed E-state index contributed by atoms with van der Waals surface area (Å²) in [6.45, 7) is 7.71. The topological polar surface area (TPSA) is 58.4 Å². The lowest BCUT2D eigenvalue weighted by atomic mass is 9.77. The van der Waals surface area contributed by atoms with Crippen LogP contribution in [0.15, 0.2) is 0 Å². The minimum absolute atomic E-state index is 0.155. The zero-order chi connectivity index (χ0) is 13.9. The molecule has 0 radical (unpaired) electrons. The summed E-state index contributed by atoms with van der Waals surface area (Å²) in [7, 11) is 0. The quantitative estimate of drug-likeness (QED) is 0.793. The predicted octanol–water partition coefficient (Wildman–Crippen LogP) is 1.49. The van der Waals surface area contributed by atoms with Gasteiger partial charge in [-0.15, -0.1) is 0 Å². The van der Waals surface area contributed by atoms with Gasteiger partial charge in [0.2, 0.25) is 5.91 Å². The number of nitrogens with zero attached hydrogens (tertiary/aromatic N) is 1. The fraction of sp³-hybridized carbons (Fsp3) is 0.933. The maximum Gasteiger partial charge on any atom is 0.237 e. The minimum atomic E-state index is -0.454. The maximum atomic E-state index is 11.9. The minimum Gasteiger partial charge on any atom is -0.368 e. The monoisotopic (exact) mass is 267 g/mol. The molecule has 1 saturated heterocycles. The summed E-state index contributed by atoms with van der Waals surface area (Å²) >= 11 is 0. The van der Waals surface area contributed by atoms with E-state index in [-0.39, 0.29) is 5.91 Å². The molecule has 0 aromatic rings. The van der Waals surface area contributed by atoms with Gasteiger partial charge in [0.05, 0.1) is 5.54 Å². The summed E-state index contributed by atoms with van der Waals surface area (Å²) in [5.74, 6) is 0.645. The zero-order valence-electron chi connectivity index (χ0n) is 12.5. The highest BCUT2D eigenvalue weighted by molar-refractivity contribution is 5.84. The second kappa shape index (κ2) is 6.23. The van der Waals surface area contributed by atoms with Gasteiger partial charge in [-0.25, -0.2) is 0 Å². The molecule has 110 valence electrons. The molecular formula is C15H29N3O. The zero-order valence-corrected chi connectivity index (χ0v) is 12.5. The molecule has 19 heavy (non-hydrogen) atoms. The average molecular weight is 267 g/mol. The molecule has 2 aliphatic rings. The lowest BCUT2D eigenvalue weighted by Crippen LogP contribution is -2.60. The van der Waals surface area contributed by atoms with E-state index in [1.165, 1.54) is 25.9 Å². The Morgan fingerprint density at radius 3 is 2.84 bits per heavy atom. The Labute approximate surface area is 117 Å². The first-order valence-electron chi connectivity index (χ1n) is 7.86. The van der Waals surface area contributed by atoms with Crippen LogP contribution in [0.2, 0.25) is 0 Å². The molecule has 3 N–H and O–H groups in total. The highest BCUT2D eigenvalue weighted by Crippen LogP contribution is 2.33. The fourth-order valence-electron chi connectivity index (χ4n) is 3.69. The van der Waals surface area contributed by atoms with Gasteiger partial charge in [-0.05, 0) is 57.5 Å². The van der Waals surface area contributed by atoms with Gasteiger partial charge < -0.3 is 16.0 Å². The molecule has 0 aromatic carbocycles. The lowest BCUT2D eigenvalue weighted by molar-refractivity contribution is -0.126. The van der Waals surface area contributed by atoms with Crippen LogP contribution >= 0.6 is 0 Å². The first-order chi connectivity index (χ1) is 9.07. The molecule has 1 aliphatic carbocycles. The van der Waals surface area contributed by atoms with Crippen LogP contribution < -0.4 is 11.1 Å². The molecule has 1 amide bonds. The van der Waals surface area contributed by atoms with E-state index < -0.39 is 5.54 Å². The highest BCUT2D eigenvalue weighted by atomic mass is 16.1. The first kappa shape index (κ1) is 14.8.